The zero-order valence-electron chi connectivity index (χ0n) is 12.3. The molecule has 0 aliphatic rings. The molecular formula is C14H26N4. The third-order valence-electron chi connectivity index (χ3n) is 3.34. The fourth-order valence-corrected chi connectivity index (χ4v) is 2.05. The maximum atomic E-state index is 4.55. The van der Waals surface area contributed by atoms with Crippen molar-refractivity contribution in [3.05, 3.63) is 11.4 Å². The number of nitrogens with one attached hydrogen (secondary N) is 1. The fourth-order valence-electron chi connectivity index (χ4n) is 2.05. The van der Waals surface area contributed by atoms with Gasteiger partial charge in [0.1, 0.15) is 0 Å². The standard InChI is InChI=1S/C14H26N4/c1-6-10(4)9-11(5)15-14-16-12(7-2)13(8-3)17-18-14/h10-11H,6-9H2,1-5H3,(H,15,16,18). The predicted octanol–water partition coefficient (Wildman–Crippen LogP) is 3.23. The lowest BCUT2D eigenvalue weighted by Gasteiger charge is -2.17. The molecule has 0 amide bonds. The van der Waals surface area contributed by atoms with Crippen molar-refractivity contribution in [1.29, 1.82) is 0 Å². The second-order valence-electron chi connectivity index (χ2n) is 5.03. The molecule has 0 fully saturated rings. The first-order valence-electron chi connectivity index (χ1n) is 7.09. The molecule has 1 heterocycles. The van der Waals surface area contributed by atoms with Gasteiger partial charge >= 0.3 is 0 Å². The van der Waals surface area contributed by atoms with Gasteiger partial charge in [-0.2, -0.15) is 5.10 Å². The molecule has 2 atom stereocenters. The summed E-state index contributed by atoms with van der Waals surface area (Å²) in [6, 6.07) is 0.388. The van der Waals surface area contributed by atoms with Gasteiger partial charge in [0.05, 0.1) is 11.4 Å². The average molecular weight is 250 g/mol. The number of nitrogens with zero attached hydrogens (tertiary/aromatic N) is 3. The Morgan fingerprint density at radius 1 is 1.00 bits per heavy atom. The second kappa shape index (κ2) is 7.29. The molecule has 1 N–H and O–H groups in total. The van der Waals surface area contributed by atoms with Crippen LogP contribution in [0.25, 0.3) is 0 Å². The van der Waals surface area contributed by atoms with Crippen LogP contribution in [-0.2, 0) is 12.8 Å². The molecule has 0 spiro atoms. The summed E-state index contributed by atoms with van der Waals surface area (Å²) < 4.78 is 0. The largest absolute Gasteiger partial charge is 0.350 e. The van der Waals surface area contributed by atoms with Crippen LogP contribution in [0.5, 0.6) is 0 Å². The molecule has 1 aromatic heterocycles. The van der Waals surface area contributed by atoms with Gasteiger partial charge in [-0.05, 0) is 32.1 Å². The summed E-state index contributed by atoms with van der Waals surface area (Å²) in [6.45, 7) is 10.9. The lowest BCUT2D eigenvalue weighted by molar-refractivity contribution is 0.482. The highest BCUT2D eigenvalue weighted by Crippen LogP contribution is 2.13. The van der Waals surface area contributed by atoms with Crippen LogP contribution < -0.4 is 5.32 Å². The van der Waals surface area contributed by atoms with Crippen molar-refractivity contribution in [2.24, 2.45) is 5.92 Å². The minimum Gasteiger partial charge on any atom is -0.350 e. The Kier molecular flexibility index (Phi) is 6.02. The molecule has 0 aliphatic heterocycles. The van der Waals surface area contributed by atoms with E-state index in [2.05, 4.69) is 55.1 Å². The van der Waals surface area contributed by atoms with E-state index in [-0.39, 0.29) is 0 Å². The first kappa shape index (κ1) is 14.9. The number of hydrogen-bond donors (Lipinski definition) is 1. The van der Waals surface area contributed by atoms with Crippen molar-refractivity contribution >= 4 is 5.95 Å². The topological polar surface area (TPSA) is 50.7 Å². The quantitative estimate of drug-likeness (QED) is 0.807. The molecule has 0 radical (unpaired) electrons. The van der Waals surface area contributed by atoms with E-state index in [0.717, 1.165) is 36.6 Å². The molecule has 4 nitrogen and oxygen atoms in total. The van der Waals surface area contributed by atoms with E-state index < -0.39 is 0 Å². The van der Waals surface area contributed by atoms with E-state index >= 15 is 0 Å². The number of hydrogen-bond acceptors (Lipinski definition) is 4. The highest BCUT2D eigenvalue weighted by atomic mass is 15.2. The van der Waals surface area contributed by atoms with Crippen LogP contribution in [0.15, 0.2) is 0 Å². The van der Waals surface area contributed by atoms with Crippen LogP contribution in [0.2, 0.25) is 0 Å². The van der Waals surface area contributed by atoms with Crippen molar-refractivity contribution in [2.45, 2.75) is 66.3 Å². The molecule has 1 rings (SSSR count). The summed E-state index contributed by atoms with van der Waals surface area (Å²) in [5.74, 6) is 1.39. The van der Waals surface area contributed by atoms with Crippen molar-refractivity contribution in [3.8, 4) is 0 Å². The van der Waals surface area contributed by atoms with Gasteiger partial charge in [0, 0.05) is 6.04 Å². The smallest absolute Gasteiger partial charge is 0.243 e. The molecule has 102 valence electrons. The molecule has 18 heavy (non-hydrogen) atoms. The van der Waals surface area contributed by atoms with E-state index in [4.69, 9.17) is 0 Å². The first-order chi connectivity index (χ1) is 8.60. The Hall–Kier alpha value is -1.19. The van der Waals surface area contributed by atoms with Crippen LogP contribution >= 0.6 is 0 Å². The van der Waals surface area contributed by atoms with Gasteiger partial charge in [0.15, 0.2) is 0 Å². The van der Waals surface area contributed by atoms with Crippen LogP contribution in [0, 0.1) is 5.92 Å². The molecular weight excluding hydrogens is 224 g/mol. The van der Waals surface area contributed by atoms with Gasteiger partial charge in [-0.1, -0.05) is 34.1 Å². The van der Waals surface area contributed by atoms with Crippen molar-refractivity contribution in [3.63, 3.8) is 0 Å². The van der Waals surface area contributed by atoms with Crippen LogP contribution in [0.1, 0.15) is 58.8 Å². The minimum atomic E-state index is 0.388. The summed E-state index contributed by atoms with van der Waals surface area (Å²) in [5.41, 5.74) is 2.07. The van der Waals surface area contributed by atoms with Gasteiger partial charge in [-0.15, -0.1) is 5.10 Å². The summed E-state index contributed by atoms with van der Waals surface area (Å²) in [5, 5.41) is 11.8. The summed E-state index contributed by atoms with van der Waals surface area (Å²) >= 11 is 0. The lowest BCUT2D eigenvalue weighted by Crippen LogP contribution is -2.21. The zero-order valence-corrected chi connectivity index (χ0v) is 12.3. The highest BCUT2D eigenvalue weighted by Gasteiger charge is 2.10. The Labute approximate surface area is 111 Å². The van der Waals surface area contributed by atoms with Gasteiger partial charge in [-0.3, -0.25) is 0 Å². The second-order valence-corrected chi connectivity index (χ2v) is 5.03. The number of rotatable bonds is 7. The van der Waals surface area contributed by atoms with E-state index in [1.54, 1.807) is 0 Å². The maximum absolute atomic E-state index is 4.55. The number of aromatic nitrogens is 3. The molecule has 0 saturated heterocycles. The van der Waals surface area contributed by atoms with Gasteiger partial charge in [-0.25, -0.2) is 4.98 Å². The van der Waals surface area contributed by atoms with Crippen LogP contribution in [0.4, 0.5) is 5.95 Å². The molecule has 0 bridgehead atoms. The normalized spacial score (nSPS) is 14.3. The Bertz CT molecular complexity index is 365. The molecule has 1 aromatic rings. The number of anilines is 1. The SMILES string of the molecule is CCc1nnc(NC(C)CC(C)CC)nc1CC. The first-order valence-corrected chi connectivity index (χ1v) is 7.09. The van der Waals surface area contributed by atoms with Crippen LogP contribution in [0.3, 0.4) is 0 Å². The van der Waals surface area contributed by atoms with Crippen LogP contribution in [-0.4, -0.2) is 21.2 Å². The minimum absolute atomic E-state index is 0.388. The number of aryl methyl sites for hydroxylation is 2. The van der Waals surface area contributed by atoms with Gasteiger partial charge in [0.25, 0.3) is 0 Å². The molecule has 0 aromatic carbocycles. The predicted molar refractivity (Wildman–Crippen MR) is 75.7 cm³/mol. The Morgan fingerprint density at radius 2 is 1.67 bits per heavy atom. The van der Waals surface area contributed by atoms with Crippen molar-refractivity contribution in [2.75, 3.05) is 5.32 Å². The van der Waals surface area contributed by atoms with E-state index in [1.807, 2.05) is 0 Å². The molecule has 2 unspecified atom stereocenters. The summed E-state index contributed by atoms with van der Waals surface area (Å²) in [4.78, 5) is 4.55. The molecule has 4 heteroatoms. The van der Waals surface area contributed by atoms with Crippen molar-refractivity contribution < 1.29 is 0 Å². The highest BCUT2D eigenvalue weighted by molar-refractivity contribution is 5.26. The van der Waals surface area contributed by atoms with Gasteiger partial charge < -0.3 is 5.32 Å². The third-order valence-corrected chi connectivity index (χ3v) is 3.34. The van der Waals surface area contributed by atoms with E-state index in [0.29, 0.717) is 12.0 Å². The molecule has 0 aliphatic carbocycles. The Balaban J connectivity index is 2.67. The Morgan fingerprint density at radius 3 is 2.22 bits per heavy atom. The fraction of sp³-hybridized carbons (Fsp3) is 0.786. The van der Waals surface area contributed by atoms with Crippen molar-refractivity contribution in [1.82, 2.24) is 15.2 Å². The monoisotopic (exact) mass is 250 g/mol. The maximum Gasteiger partial charge on any atom is 0.243 e. The summed E-state index contributed by atoms with van der Waals surface area (Å²) in [7, 11) is 0. The van der Waals surface area contributed by atoms with Gasteiger partial charge in [0.2, 0.25) is 5.95 Å². The lowest BCUT2D eigenvalue weighted by atomic mass is 10.0. The average Bonchev–Trinajstić information content (AvgIpc) is 2.38. The van der Waals surface area contributed by atoms with E-state index in [9.17, 15) is 0 Å². The zero-order chi connectivity index (χ0) is 13.5. The summed E-state index contributed by atoms with van der Waals surface area (Å²) in [6.07, 6.45) is 4.15. The molecule has 0 saturated carbocycles. The van der Waals surface area contributed by atoms with E-state index in [1.165, 1.54) is 6.42 Å². The third kappa shape index (κ3) is 4.24.